The van der Waals surface area contributed by atoms with Crippen molar-refractivity contribution in [3.05, 3.63) is 53.4 Å². The molecule has 0 aliphatic carbocycles. The van der Waals surface area contributed by atoms with E-state index in [2.05, 4.69) is 9.68 Å². The molecule has 17 heavy (non-hydrogen) atoms. The van der Waals surface area contributed by atoms with Gasteiger partial charge in [0.05, 0.1) is 5.56 Å². The van der Waals surface area contributed by atoms with Gasteiger partial charge >= 0.3 is 6.18 Å². The quantitative estimate of drug-likeness (QED) is 0.759. The number of aromatic nitrogens is 1. The first-order chi connectivity index (χ1) is 7.98. The van der Waals surface area contributed by atoms with Crippen LogP contribution in [0.5, 0.6) is 0 Å². The van der Waals surface area contributed by atoms with Crippen molar-refractivity contribution in [1.29, 1.82) is 0 Å². The minimum absolute atomic E-state index is 0.0238. The van der Waals surface area contributed by atoms with Gasteiger partial charge in [0, 0.05) is 11.6 Å². The molecule has 0 aliphatic heterocycles. The van der Waals surface area contributed by atoms with Gasteiger partial charge in [-0.1, -0.05) is 17.3 Å². The summed E-state index contributed by atoms with van der Waals surface area (Å²) in [5.41, 5.74) is -0.968. The molecule has 0 amide bonds. The molecule has 2 rings (SSSR count). The van der Waals surface area contributed by atoms with Gasteiger partial charge in [0.1, 0.15) is 6.26 Å². The molecule has 3 nitrogen and oxygen atoms in total. The number of halogens is 3. The monoisotopic (exact) mass is 241 g/mol. The molecule has 0 saturated heterocycles. The summed E-state index contributed by atoms with van der Waals surface area (Å²) in [6.07, 6.45) is -3.29. The Kier molecular flexibility index (Phi) is 2.71. The third-order valence-electron chi connectivity index (χ3n) is 2.12. The summed E-state index contributed by atoms with van der Waals surface area (Å²) in [4.78, 5) is 11.7. The highest BCUT2D eigenvalue weighted by Gasteiger charge is 2.31. The summed E-state index contributed by atoms with van der Waals surface area (Å²) < 4.78 is 41.7. The third-order valence-corrected chi connectivity index (χ3v) is 2.12. The molecule has 0 atom stereocenters. The van der Waals surface area contributed by atoms with Gasteiger partial charge in [0.2, 0.25) is 5.78 Å². The lowest BCUT2D eigenvalue weighted by atomic mass is 10.1. The van der Waals surface area contributed by atoms with Crippen LogP contribution >= 0.6 is 0 Å². The fourth-order valence-corrected chi connectivity index (χ4v) is 1.31. The number of ketones is 1. The number of hydrogen-bond acceptors (Lipinski definition) is 3. The Hall–Kier alpha value is -2.11. The number of nitrogens with zero attached hydrogens (tertiary/aromatic N) is 1. The van der Waals surface area contributed by atoms with E-state index in [-0.39, 0.29) is 11.3 Å². The molecule has 6 heteroatoms. The Balaban J connectivity index is 2.38. The summed E-state index contributed by atoms with van der Waals surface area (Å²) in [5, 5.41) is 3.38. The Labute approximate surface area is 93.8 Å². The topological polar surface area (TPSA) is 43.1 Å². The molecule has 0 bridgehead atoms. The van der Waals surface area contributed by atoms with Crippen LogP contribution in [0.4, 0.5) is 13.2 Å². The van der Waals surface area contributed by atoms with Crippen LogP contribution in [0.3, 0.4) is 0 Å². The normalized spacial score (nSPS) is 11.5. The molecule has 1 aromatic heterocycles. The zero-order chi connectivity index (χ0) is 12.5. The Morgan fingerprint density at radius 2 is 2.00 bits per heavy atom. The molecule has 0 spiro atoms. The number of carbonyl (C=O) groups is 1. The fourth-order valence-electron chi connectivity index (χ4n) is 1.31. The molecule has 0 saturated carbocycles. The molecule has 0 fully saturated rings. The van der Waals surface area contributed by atoms with Crippen LogP contribution in [0.2, 0.25) is 0 Å². The first-order valence-corrected chi connectivity index (χ1v) is 4.61. The van der Waals surface area contributed by atoms with Crippen molar-refractivity contribution in [2.45, 2.75) is 6.18 Å². The largest absolute Gasteiger partial charge is 0.416 e. The predicted molar refractivity (Wildman–Crippen MR) is 51.4 cm³/mol. The summed E-state index contributed by atoms with van der Waals surface area (Å²) in [5.74, 6) is -0.607. The summed E-state index contributed by atoms with van der Waals surface area (Å²) in [6, 6.07) is 5.46. The standard InChI is InChI=1S/C11H6F3NO2/c12-11(13,14)8-3-1-2-7(6-8)10(16)9-4-5-17-15-9/h1-6H. The van der Waals surface area contributed by atoms with Gasteiger partial charge in [-0.25, -0.2) is 0 Å². The van der Waals surface area contributed by atoms with Crippen LogP contribution in [-0.4, -0.2) is 10.9 Å². The van der Waals surface area contributed by atoms with E-state index in [1.54, 1.807) is 0 Å². The molecule has 0 N–H and O–H groups in total. The fraction of sp³-hybridized carbons (Fsp3) is 0.0909. The first kappa shape index (κ1) is 11.4. The van der Waals surface area contributed by atoms with Crippen molar-refractivity contribution in [3.8, 4) is 0 Å². The Morgan fingerprint density at radius 3 is 2.59 bits per heavy atom. The molecule has 88 valence electrons. The van der Waals surface area contributed by atoms with Crippen LogP contribution in [0.1, 0.15) is 21.6 Å². The molecular weight excluding hydrogens is 235 g/mol. The average molecular weight is 241 g/mol. The number of hydrogen-bond donors (Lipinski definition) is 0. The van der Waals surface area contributed by atoms with E-state index < -0.39 is 17.5 Å². The second kappa shape index (κ2) is 4.04. The Bertz CT molecular complexity index is 532. The van der Waals surface area contributed by atoms with Crippen molar-refractivity contribution < 1.29 is 22.5 Å². The predicted octanol–water partition coefficient (Wildman–Crippen LogP) is 2.92. The van der Waals surface area contributed by atoms with E-state index in [0.717, 1.165) is 12.1 Å². The first-order valence-electron chi connectivity index (χ1n) is 4.61. The van der Waals surface area contributed by atoms with Crippen molar-refractivity contribution in [3.63, 3.8) is 0 Å². The second-order valence-corrected chi connectivity index (χ2v) is 3.29. The minimum Gasteiger partial charge on any atom is -0.364 e. The maximum atomic E-state index is 12.4. The van der Waals surface area contributed by atoms with Gasteiger partial charge in [0.15, 0.2) is 5.69 Å². The smallest absolute Gasteiger partial charge is 0.364 e. The van der Waals surface area contributed by atoms with E-state index >= 15 is 0 Å². The molecule has 0 unspecified atom stereocenters. The lowest BCUT2D eigenvalue weighted by Crippen LogP contribution is -2.08. The number of benzene rings is 1. The van der Waals surface area contributed by atoms with Crippen LogP contribution in [0, 0.1) is 0 Å². The van der Waals surface area contributed by atoms with Gasteiger partial charge in [-0.15, -0.1) is 0 Å². The highest BCUT2D eigenvalue weighted by atomic mass is 19.4. The van der Waals surface area contributed by atoms with Crippen molar-refractivity contribution in [1.82, 2.24) is 5.16 Å². The van der Waals surface area contributed by atoms with E-state index in [0.29, 0.717) is 0 Å². The molecule has 1 heterocycles. The van der Waals surface area contributed by atoms with E-state index in [4.69, 9.17) is 0 Å². The van der Waals surface area contributed by atoms with Gasteiger partial charge in [-0.3, -0.25) is 4.79 Å². The lowest BCUT2D eigenvalue weighted by Gasteiger charge is -2.07. The lowest BCUT2D eigenvalue weighted by molar-refractivity contribution is -0.137. The summed E-state index contributed by atoms with van der Waals surface area (Å²) >= 11 is 0. The van der Waals surface area contributed by atoms with Gasteiger partial charge in [-0.2, -0.15) is 13.2 Å². The van der Waals surface area contributed by atoms with Crippen molar-refractivity contribution in [2.75, 3.05) is 0 Å². The third kappa shape index (κ3) is 2.35. The van der Waals surface area contributed by atoms with Crippen LogP contribution in [0.25, 0.3) is 0 Å². The van der Waals surface area contributed by atoms with Gasteiger partial charge in [-0.05, 0) is 12.1 Å². The molecule has 0 aliphatic rings. The maximum absolute atomic E-state index is 12.4. The number of alkyl halides is 3. The molecule has 1 aromatic carbocycles. The molecular formula is C11H6F3NO2. The van der Waals surface area contributed by atoms with Crippen molar-refractivity contribution in [2.24, 2.45) is 0 Å². The summed E-state index contributed by atoms with van der Waals surface area (Å²) in [7, 11) is 0. The number of rotatable bonds is 2. The van der Waals surface area contributed by atoms with Crippen LogP contribution in [0.15, 0.2) is 41.1 Å². The van der Waals surface area contributed by atoms with E-state index in [1.807, 2.05) is 0 Å². The van der Waals surface area contributed by atoms with Gasteiger partial charge in [0.25, 0.3) is 0 Å². The van der Waals surface area contributed by atoms with E-state index in [1.165, 1.54) is 24.5 Å². The van der Waals surface area contributed by atoms with Crippen LogP contribution < -0.4 is 0 Å². The van der Waals surface area contributed by atoms with Crippen LogP contribution in [-0.2, 0) is 6.18 Å². The Morgan fingerprint density at radius 1 is 1.24 bits per heavy atom. The number of carbonyl (C=O) groups excluding carboxylic acids is 1. The zero-order valence-corrected chi connectivity index (χ0v) is 8.36. The second-order valence-electron chi connectivity index (χ2n) is 3.29. The highest BCUT2D eigenvalue weighted by molar-refractivity contribution is 6.07. The van der Waals surface area contributed by atoms with E-state index in [9.17, 15) is 18.0 Å². The highest BCUT2D eigenvalue weighted by Crippen LogP contribution is 2.29. The minimum atomic E-state index is -4.47. The SMILES string of the molecule is O=C(c1cccc(C(F)(F)F)c1)c1ccon1. The average Bonchev–Trinajstić information content (AvgIpc) is 2.80. The van der Waals surface area contributed by atoms with Crippen molar-refractivity contribution >= 4 is 5.78 Å². The van der Waals surface area contributed by atoms with Gasteiger partial charge < -0.3 is 4.52 Å². The molecule has 0 radical (unpaired) electrons. The maximum Gasteiger partial charge on any atom is 0.416 e. The summed E-state index contributed by atoms with van der Waals surface area (Å²) in [6.45, 7) is 0. The zero-order valence-electron chi connectivity index (χ0n) is 8.36. The molecule has 2 aromatic rings.